The van der Waals surface area contributed by atoms with Gasteiger partial charge >= 0.3 is 0 Å². The van der Waals surface area contributed by atoms with Gasteiger partial charge in [-0.1, -0.05) is 48.7 Å². The predicted octanol–water partition coefficient (Wildman–Crippen LogP) is 5.73. The summed E-state index contributed by atoms with van der Waals surface area (Å²) in [6, 6.07) is 12.0. The molecular formula is C21H20Cl2N2O3. The van der Waals surface area contributed by atoms with Crippen LogP contribution >= 0.6 is 23.2 Å². The Morgan fingerprint density at radius 2 is 2.04 bits per heavy atom. The first kappa shape index (κ1) is 21.6. The normalized spacial score (nSPS) is 10.9. The van der Waals surface area contributed by atoms with Crippen LogP contribution in [0.1, 0.15) is 25.3 Å². The summed E-state index contributed by atoms with van der Waals surface area (Å²) in [5.74, 6) is 0.554. The molecule has 0 saturated carbocycles. The molecule has 0 heterocycles. The van der Waals surface area contributed by atoms with Crippen LogP contribution in [0.3, 0.4) is 0 Å². The van der Waals surface area contributed by atoms with Gasteiger partial charge < -0.3 is 14.8 Å². The quantitative estimate of drug-likeness (QED) is 0.337. The summed E-state index contributed by atoms with van der Waals surface area (Å²) >= 11 is 12.0. The number of hydrogen-bond acceptors (Lipinski definition) is 4. The summed E-state index contributed by atoms with van der Waals surface area (Å²) in [6.45, 7) is 2.63. The van der Waals surface area contributed by atoms with Crippen LogP contribution in [-0.4, -0.2) is 19.6 Å². The lowest BCUT2D eigenvalue weighted by Crippen LogP contribution is -2.13. The number of unbranched alkanes of at least 4 members (excludes halogenated alkanes) is 1. The molecule has 0 aliphatic heterocycles. The van der Waals surface area contributed by atoms with Gasteiger partial charge in [-0.3, -0.25) is 4.79 Å². The third-order valence-electron chi connectivity index (χ3n) is 3.82. The molecule has 0 fully saturated rings. The molecule has 0 unspecified atom stereocenters. The molecule has 0 aromatic heterocycles. The second-order valence-electron chi connectivity index (χ2n) is 5.84. The Morgan fingerprint density at radius 3 is 2.71 bits per heavy atom. The van der Waals surface area contributed by atoms with Crippen molar-refractivity contribution in [2.75, 3.05) is 19.0 Å². The summed E-state index contributed by atoms with van der Waals surface area (Å²) in [4.78, 5) is 12.5. The molecule has 0 aliphatic rings. The lowest BCUT2D eigenvalue weighted by Gasteiger charge is -2.11. The number of benzene rings is 2. The van der Waals surface area contributed by atoms with Crippen molar-refractivity contribution in [2.45, 2.75) is 19.8 Å². The number of anilines is 1. The topological polar surface area (TPSA) is 71.3 Å². The number of carbonyl (C=O) groups excluding carboxylic acids is 1. The van der Waals surface area contributed by atoms with E-state index >= 15 is 0 Å². The second kappa shape index (κ2) is 10.6. The zero-order chi connectivity index (χ0) is 20.5. The van der Waals surface area contributed by atoms with E-state index in [1.807, 2.05) is 6.07 Å². The van der Waals surface area contributed by atoms with Crippen molar-refractivity contribution in [3.8, 4) is 17.6 Å². The van der Waals surface area contributed by atoms with E-state index < -0.39 is 5.91 Å². The third kappa shape index (κ3) is 5.66. The molecule has 0 bridgehead atoms. The first-order chi connectivity index (χ1) is 13.5. The SMILES string of the molecule is CCCCOc1cc(/C=C(\C#N)C(=O)Nc2cccc(Cl)c2Cl)ccc1OC. The van der Waals surface area contributed by atoms with Gasteiger partial charge in [0.1, 0.15) is 11.6 Å². The van der Waals surface area contributed by atoms with Gasteiger partial charge in [0.15, 0.2) is 11.5 Å². The Labute approximate surface area is 174 Å². The van der Waals surface area contributed by atoms with E-state index in [2.05, 4.69) is 12.2 Å². The molecule has 0 atom stereocenters. The monoisotopic (exact) mass is 418 g/mol. The Bertz CT molecular complexity index is 920. The van der Waals surface area contributed by atoms with Crippen molar-refractivity contribution in [3.63, 3.8) is 0 Å². The average Bonchev–Trinajstić information content (AvgIpc) is 2.70. The number of nitriles is 1. The number of hydrogen-bond donors (Lipinski definition) is 1. The van der Waals surface area contributed by atoms with Crippen molar-refractivity contribution in [2.24, 2.45) is 0 Å². The standard InChI is InChI=1S/C21H20Cl2N2O3/c1-3-4-10-28-19-12-14(8-9-18(19)27-2)11-15(13-24)21(26)25-17-7-5-6-16(22)20(17)23/h5-9,11-12H,3-4,10H2,1-2H3,(H,25,26)/b15-11+. The number of carbonyl (C=O) groups is 1. The predicted molar refractivity (Wildman–Crippen MR) is 112 cm³/mol. The van der Waals surface area contributed by atoms with Gasteiger partial charge in [-0.25, -0.2) is 0 Å². The molecule has 0 aliphatic carbocycles. The van der Waals surface area contributed by atoms with Crippen LogP contribution in [0.4, 0.5) is 5.69 Å². The van der Waals surface area contributed by atoms with Crippen LogP contribution in [0.25, 0.3) is 6.08 Å². The van der Waals surface area contributed by atoms with Crippen LogP contribution in [0.2, 0.25) is 10.0 Å². The highest BCUT2D eigenvalue weighted by Crippen LogP contribution is 2.31. The summed E-state index contributed by atoms with van der Waals surface area (Å²) in [7, 11) is 1.56. The summed E-state index contributed by atoms with van der Waals surface area (Å²) in [5.41, 5.74) is 0.885. The maximum Gasteiger partial charge on any atom is 0.266 e. The number of rotatable bonds is 8. The highest BCUT2D eigenvalue weighted by atomic mass is 35.5. The average molecular weight is 419 g/mol. The summed E-state index contributed by atoms with van der Waals surface area (Å²) in [5, 5.41) is 12.5. The minimum absolute atomic E-state index is 0.0827. The number of ether oxygens (including phenoxy) is 2. The molecule has 2 aromatic carbocycles. The van der Waals surface area contributed by atoms with E-state index in [-0.39, 0.29) is 10.6 Å². The minimum Gasteiger partial charge on any atom is -0.493 e. The third-order valence-corrected chi connectivity index (χ3v) is 4.64. The fourth-order valence-electron chi connectivity index (χ4n) is 2.33. The van der Waals surface area contributed by atoms with E-state index in [1.54, 1.807) is 43.5 Å². The van der Waals surface area contributed by atoms with E-state index in [4.69, 9.17) is 32.7 Å². The molecule has 1 amide bonds. The van der Waals surface area contributed by atoms with Crippen LogP contribution in [0.5, 0.6) is 11.5 Å². The van der Waals surface area contributed by atoms with Crippen LogP contribution in [-0.2, 0) is 4.79 Å². The molecule has 5 nitrogen and oxygen atoms in total. The van der Waals surface area contributed by atoms with Gasteiger partial charge in [0.05, 0.1) is 29.4 Å². The number of nitrogens with zero attached hydrogens (tertiary/aromatic N) is 1. The molecule has 2 rings (SSSR count). The van der Waals surface area contributed by atoms with Crippen molar-refractivity contribution in [1.29, 1.82) is 5.26 Å². The van der Waals surface area contributed by atoms with E-state index in [0.717, 1.165) is 12.8 Å². The van der Waals surface area contributed by atoms with E-state index in [1.165, 1.54) is 6.08 Å². The lowest BCUT2D eigenvalue weighted by molar-refractivity contribution is -0.112. The fraction of sp³-hybridized carbons (Fsp3) is 0.238. The van der Waals surface area contributed by atoms with Crippen molar-refractivity contribution in [1.82, 2.24) is 0 Å². The maximum atomic E-state index is 12.5. The number of nitrogens with one attached hydrogen (secondary N) is 1. The maximum absolute atomic E-state index is 12.5. The molecule has 1 N–H and O–H groups in total. The lowest BCUT2D eigenvalue weighted by atomic mass is 10.1. The second-order valence-corrected chi connectivity index (χ2v) is 6.62. The number of halogens is 2. The molecule has 0 saturated heterocycles. The highest BCUT2D eigenvalue weighted by Gasteiger charge is 2.13. The summed E-state index contributed by atoms with van der Waals surface area (Å²) < 4.78 is 11.0. The molecule has 2 aromatic rings. The van der Waals surface area contributed by atoms with Crippen LogP contribution < -0.4 is 14.8 Å². The largest absolute Gasteiger partial charge is 0.493 e. The van der Waals surface area contributed by atoms with Gasteiger partial charge in [0.2, 0.25) is 0 Å². The van der Waals surface area contributed by atoms with Crippen molar-refractivity contribution >= 4 is 40.9 Å². The van der Waals surface area contributed by atoms with E-state index in [0.29, 0.717) is 34.4 Å². The van der Waals surface area contributed by atoms with Crippen LogP contribution in [0.15, 0.2) is 42.0 Å². The minimum atomic E-state index is -0.587. The fourth-order valence-corrected chi connectivity index (χ4v) is 2.68. The molecule has 0 radical (unpaired) electrons. The van der Waals surface area contributed by atoms with Crippen molar-refractivity contribution < 1.29 is 14.3 Å². The molecular weight excluding hydrogens is 399 g/mol. The molecule has 28 heavy (non-hydrogen) atoms. The Kier molecular flexibility index (Phi) is 8.19. The van der Waals surface area contributed by atoms with Crippen molar-refractivity contribution in [3.05, 3.63) is 57.6 Å². The van der Waals surface area contributed by atoms with Gasteiger partial charge in [0.25, 0.3) is 5.91 Å². The molecule has 7 heteroatoms. The van der Waals surface area contributed by atoms with Gasteiger partial charge in [-0.05, 0) is 42.3 Å². The Hall–Kier alpha value is -2.68. The number of amides is 1. The Balaban J connectivity index is 2.25. The smallest absolute Gasteiger partial charge is 0.266 e. The van der Waals surface area contributed by atoms with Gasteiger partial charge in [-0.15, -0.1) is 0 Å². The molecule has 0 spiro atoms. The Morgan fingerprint density at radius 1 is 1.25 bits per heavy atom. The van der Waals surface area contributed by atoms with Gasteiger partial charge in [0, 0.05) is 0 Å². The van der Waals surface area contributed by atoms with Gasteiger partial charge in [-0.2, -0.15) is 5.26 Å². The first-order valence-electron chi connectivity index (χ1n) is 8.68. The van der Waals surface area contributed by atoms with Crippen LogP contribution in [0, 0.1) is 11.3 Å². The highest BCUT2D eigenvalue weighted by molar-refractivity contribution is 6.44. The zero-order valence-corrected chi connectivity index (χ0v) is 17.1. The first-order valence-corrected chi connectivity index (χ1v) is 9.43. The summed E-state index contributed by atoms with van der Waals surface area (Å²) in [6.07, 6.45) is 3.39. The number of methoxy groups -OCH3 is 1. The molecule has 146 valence electrons. The zero-order valence-electron chi connectivity index (χ0n) is 15.6. The van der Waals surface area contributed by atoms with E-state index in [9.17, 15) is 10.1 Å².